The van der Waals surface area contributed by atoms with Gasteiger partial charge in [-0.05, 0) is 70.6 Å². The molecule has 34 heavy (non-hydrogen) atoms. The number of aryl methyl sites for hydroxylation is 5. The van der Waals surface area contributed by atoms with Crippen LogP contribution >= 0.6 is 31.9 Å². The smallest absolute Gasteiger partial charge is 0.133 e. The van der Waals surface area contributed by atoms with Crippen LogP contribution in [0.2, 0.25) is 0 Å². The summed E-state index contributed by atoms with van der Waals surface area (Å²) in [4.78, 5) is 0. The van der Waals surface area contributed by atoms with Crippen molar-refractivity contribution in [3.63, 3.8) is 0 Å². The number of halogens is 2. The number of hydrogen-bond acceptors (Lipinski definition) is 6. The van der Waals surface area contributed by atoms with Crippen LogP contribution in [0.1, 0.15) is 28.1 Å². The van der Waals surface area contributed by atoms with E-state index in [2.05, 4.69) is 89.7 Å². The molecule has 0 aliphatic heterocycles. The summed E-state index contributed by atoms with van der Waals surface area (Å²) in [5.74, 6) is 0.823. The molecule has 0 atom stereocenters. The quantitative estimate of drug-likeness (QED) is 0.247. The minimum absolute atomic E-state index is 0.373. The van der Waals surface area contributed by atoms with Gasteiger partial charge < -0.3 is 9.47 Å². The average molecular weight is 590 g/mol. The van der Waals surface area contributed by atoms with Crippen LogP contribution in [0.15, 0.2) is 57.7 Å². The normalized spacial score (nSPS) is 11.2. The van der Waals surface area contributed by atoms with E-state index < -0.39 is 0 Å². The van der Waals surface area contributed by atoms with Crippen LogP contribution in [0.4, 0.5) is 0 Å². The number of hydrogen-bond donors (Lipinski definition) is 0. The van der Waals surface area contributed by atoms with E-state index in [1.54, 1.807) is 7.11 Å². The predicted octanol–water partition coefficient (Wildman–Crippen LogP) is 4.91. The molecule has 8 nitrogen and oxygen atoms in total. The van der Waals surface area contributed by atoms with Crippen LogP contribution in [0.5, 0.6) is 5.75 Å². The van der Waals surface area contributed by atoms with Gasteiger partial charge in [0.2, 0.25) is 0 Å². The van der Waals surface area contributed by atoms with Gasteiger partial charge in [0.15, 0.2) is 0 Å². The number of aromatic nitrogens is 6. The fourth-order valence-corrected chi connectivity index (χ4v) is 4.45. The number of rotatable bonds is 11. The van der Waals surface area contributed by atoms with Gasteiger partial charge >= 0.3 is 0 Å². The predicted molar refractivity (Wildman–Crippen MR) is 136 cm³/mol. The van der Waals surface area contributed by atoms with E-state index in [1.807, 2.05) is 27.8 Å². The molecule has 0 amide bonds. The van der Waals surface area contributed by atoms with Crippen molar-refractivity contribution in [2.75, 3.05) is 7.11 Å². The summed E-state index contributed by atoms with van der Waals surface area (Å²) in [6, 6.07) is 12.5. The lowest BCUT2D eigenvalue weighted by atomic mass is 10.1. The molecule has 4 rings (SSSR count). The Morgan fingerprint density at radius 3 is 1.88 bits per heavy atom. The fourth-order valence-electron chi connectivity index (χ4n) is 3.43. The zero-order chi connectivity index (χ0) is 23.9. The lowest BCUT2D eigenvalue weighted by Crippen LogP contribution is -2.02. The first-order chi connectivity index (χ1) is 16.5. The van der Waals surface area contributed by atoms with Gasteiger partial charge in [0.05, 0.1) is 37.2 Å². The average Bonchev–Trinajstić information content (AvgIpc) is 3.48. The van der Waals surface area contributed by atoms with Crippen LogP contribution in [-0.2, 0) is 43.9 Å². The van der Waals surface area contributed by atoms with E-state index >= 15 is 0 Å². The molecule has 4 aromatic rings. The van der Waals surface area contributed by atoms with Crippen molar-refractivity contribution in [2.45, 2.75) is 46.1 Å². The Bertz CT molecular complexity index is 1240. The Morgan fingerprint density at radius 2 is 1.35 bits per heavy atom. The van der Waals surface area contributed by atoms with Crippen LogP contribution in [-0.4, -0.2) is 37.1 Å². The number of benzene rings is 2. The summed E-state index contributed by atoms with van der Waals surface area (Å²) in [6.07, 6.45) is 5.57. The fraction of sp³-hybridized carbons (Fsp3) is 0.333. The summed E-state index contributed by atoms with van der Waals surface area (Å²) < 4.78 is 16.8. The topological polar surface area (TPSA) is 79.9 Å². The molecule has 0 unspecified atom stereocenters. The van der Waals surface area contributed by atoms with Crippen molar-refractivity contribution < 1.29 is 9.47 Å². The van der Waals surface area contributed by atoms with E-state index in [0.29, 0.717) is 13.2 Å². The molecule has 0 radical (unpaired) electrons. The number of nitrogens with zero attached hydrogens (tertiary/aromatic N) is 6. The number of methoxy groups -OCH3 is 1. The first kappa shape index (κ1) is 24.6. The molecule has 0 N–H and O–H groups in total. The number of ether oxygens (including phenoxy) is 2. The zero-order valence-corrected chi connectivity index (χ0v) is 22.3. The van der Waals surface area contributed by atoms with E-state index in [4.69, 9.17) is 9.47 Å². The molecular weight excluding hydrogens is 564 g/mol. The largest absolute Gasteiger partial charge is 0.496 e. The van der Waals surface area contributed by atoms with E-state index in [0.717, 1.165) is 52.0 Å². The lowest BCUT2D eigenvalue weighted by Gasteiger charge is -2.06. The highest BCUT2D eigenvalue weighted by Gasteiger charge is 2.07. The second kappa shape index (κ2) is 11.7. The summed E-state index contributed by atoms with van der Waals surface area (Å²) in [5.41, 5.74) is 5.26. The summed E-state index contributed by atoms with van der Waals surface area (Å²) >= 11 is 7.11. The van der Waals surface area contributed by atoms with Crippen molar-refractivity contribution in [1.29, 1.82) is 0 Å². The van der Waals surface area contributed by atoms with Gasteiger partial charge in [0.1, 0.15) is 17.1 Å². The Morgan fingerprint density at radius 1 is 0.794 bits per heavy atom. The van der Waals surface area contributed by atoms with Gasteiger partial charge in [-0.2, -0.15) is 0 Å². The summed E-state index contributed by atoms with van der Waals surface area (Å²) in [5, 5.41) is 16.8. The molecular formula is C24H26Br2N6O2. The lowest BCUT2D eigenvalue weighted by molar-refractivity contribution is 0.102. The SMILES string of the molecule is COc1ccc(CCn2cc(COCc3cn(CCc4ccc(C)c(Br)c4)nn3)nn2)cc1Br. The van der Waals surface area contributed by atoms with Crippen LogP contribution in [0.3, 0.4) is 0 Å². The summed E-state index contributed by atoms with van der Waals surface area (Å²) in [6.45, 7) is 4.33. The molecule has 10 heteroatoms. The minimum Gasteiger partial charge on any atom is -0.496 e. The Kier molecular flexibility index (Phi) is 8.47. The molecule has 178 valence electrons. The Labute approximate surface area is 215 Å². The Balaban J connectivity index is 1.20. The molecule has 0 bridgehead atoms. The third-order valence-corrected chi connectivity index (χ3v) is 6.86. The van der Waals surface area contributed by atoms with Crippen LogP contribution < -0.4 is 4.74 Å². The molecule has 0 fully saturated rings. The van der Waals surface area contributed by atoms with E-state index in [-0.39, 0.29) is 0 Å². The maximum Gasteiger partial charge on any atom is 0.133 e. The van der Waals surface area contributed by atoms with Gasteiger partial charge in [-0.1, -0.05) is 44.6 Å². The molecule has 2 aromatic heterocycles. The van der Waals surface area contributed by atoms with E-state index in [1.165, 1.54) is 16.7 Å². The van der Waals surface area contributed by atoms with Gasteiger partial charge in [-0.3, -0.25) is 9.36 Å². The maximum atomic E-state index is 5.77. The monoisotopic (exact) mass is 588 g/mol. The third-order valence-electron chi connectivity index (χ3n) is 5.38. The van der Waals surface area contributed by atoms with Gasteiger partial charge in [0, 0.05) is 17.6 Å². The van der Waals surface area contributed by atoms with E-state index in [9.17, 15) is 0 Å². The molecule has 2 heterocycles. The second-order valence-corrected chi connectivity index (χ2v) is 9.70. The van der Waals surface area contributed by atoms with Crippen LogP contribution in [0.25, 0.3) is 0 Å². The first-order valence-corrected chi connectivity index (χ1v) is 12.5. The molecule has 0 aliphatic rings. The highest BCUT2D eigenvalue weighted by Crippen LogP contribution is 2.25. The van der Waals surface area contributed by atoms with Crippen molar-refractivity contribution in [3.8, 4) is 5.75 Å². The first-order valence-electron chi connectivity index (χ1n) is 10.9. The third kappa shape index (κ3) is 6.74. The standard InChI is InChI=1S/C24H26Br2N6O2/c1-17-3-4-18(11-22(17)25)7-9-31-13-20(27-29-31)15-34-16-21-14-32(30-28-21)10-8-19-5-6-24(33-2)23(26)12-19/h3-6,11-14H,7-10,15-16H2,1-2H3. The van der Waals surface area contributed by atoms with Crippen LogP contribution in [0, 0.1) is 6.92 Å². The van der Waals surface area contributed by atoms with Crippen molar-refractivity contribution in [1.82, 2.24) is 30.0 Å². The van der Waals surface area contributed by atoms with Gasteiger partial charge in [0.25, 0.3) is 0 Å². The minimum atomic E-state index is 0.373. The Hall–Kier alpha value is -2.56. The molecule has 2 aromatic carbocycles. The molecule has 0 saturated carbocycles. The van der Waals surface area contributed by atoms with Gasteiger partial charge in [-0.15, -0.1) is 10.2 Å². The molecule has 0 aliphatic carbocycles. The zero-order valence-electron chi connectivity index (χ0n) is 19.1. The van der Waals surface area contributed by atoms with Crippen molar-refractivity contribution in [2.24, 2.45) is 0 Å². The summed E-state index contributed by atoms with van der Waals surface area (Å²) in [7, 11) is 1.66. The van der Waals surface area contributed by atoms with Gasteiger partial charge in [-0.25, -0.2) is 0 Å². The second-order valence-electron chi connectivity index (χ2n) is 7.99. The molecule has 0 saturated heterocycles. The highest BCUT2D eigenvalue weighted by atomic mass is 79.9. The molecule has 0 spiro atoms. The maximum absolute atomic E-state index is 5.77. The van der Waals surface area contributed by atoms with Crippen molar-refractivity contribution in [3.05, 3.63) is 85.8 Å². The highest BCUT2D eigenvalue weighted by molar-refractivity contribution is 9.10. The van der Waals surface area contributed by atoms with Crippen molar-refractivity contribution >= 4 is 31.9 Å².